The molecule has 1 aromatic rings. The molecule has 3 heteroatoms. The molecule has 0 atom stereocenters. The second kappa shape index (κ2) is 5.55. The zero-order valence-corrected chi connectivity index (χ0v) is 11.8. The van der Waals surface area contributed by atoms with Crippen molar-refractivity contribution in [1.82, 2.24) is 0 Å². The molecule has 0 amide bonds. The molecule has 19 heavy (non-hydrogen) atoms. The Bertz CT molecular complexity index is 507. The Morgan fingerprint density at radius 1 is 1.16 bits per heavy atom. The van der Waals surface area contributed by atoms with E-state index in [1.165, 1.54) is 0 Å². The number of ether oxygens (including phenoxy) is 1. The molecule has 0 aromatic heterocycles. The third-order valence-electron chi connectivity index (χ3n) is 4.00. The lowest BCUT2D eigenvalue weighted by atomic mass is 9.82. The molecule has 102 valence electrons. The van der Waals surface area contributed by atoms with E-state index in [0.29, 0.717) is 37.0 Å². The van der Waals surface area contributed by atoms with Crippen molar-refractivity contribution in [2.75, 3.05) is 7.11 Å². The Morgan fingerprint density at radius 3 is 2.32 bits per heavy atom. The third kappa shape index (κ3) is 2.86. The fourth-order valence-corrected chi connectivity index (χ4v) is 2.57. The number of hydrogen-bond donors (Lipinski definition) is 0. The molecule has 0 saturated heterocycles. The zero-order valence-electron chi connectivity index (χ0n) is 11.8. The first kappa shape index (κ1) is 13.8. The second-order valence-electron chi connectivity index (χ2n) is 5.31. The van der Waals surface area contributed by atoms with Crippen LogP contribution in [0.1, 0.15) is 47.2 Å². The molecule has 3 nitrogen and oxygen atoms in total. The third-order valence-corrected chi connectivity index (χ3v) is 4.00. The van der Waals surface area contributed by atoms with Gasteiger partial charge in [0.1, 0.15) is 11.5 Å². The van der Waals surface area contributed by atoms with Crippen molar-refractivity contribution in [3.05, 3.63) is 28.8 Å². The Hall–Kier alpha value is -1.64. The quantitative estimate of drug-likeness (QED) is 0.783. The number of hydrogen-bond acceptors (Lipinski definition) is 3. The highest BCUT2D eigenvalue weighted by Crippen LogP contribution is 2.30. The van der Waals surface area contributed by atoms with Crippen LogP contribution in [0, 0.1) is 19.8 Å². The van der Waals surface area contributed by atoms with Crippen LogP contribution in [-0.2, 0) is 4.79 Å². The van der Waals surface area contributed by atoms with Crippen LogP contribution in [0.4, 0.5) is 0 Å². The van der Waals surface area contributed by atoms with Crippen LogP contribution in [-0.4, -0.2) is 18.7 Å². The van der Waals surface area contributed by atoms with Gasteiger partial charge in [-0.1, -0.05) is 0 Å². The van der Waals surface area contributed by atoms with Crippen LogP contribution >= 0.6 is 0 Å². The van der Waals surface area contributed by atoms with Crippen molar-refractivity contribution in [2.24, 2.45) is 5.92 Å². The van der Waals surface area contributed by atoms with Gasteiger partial charge in [-0.25, -0.2) is 0 Å². The van der Waals surface area contributed by atoms with Crippen molar-refractivity contribution in [3.63, 3.8) is 0 Å². The van der Waals surface area contributed by atoms with Gasteiger partial charge >= 0.3 is 0 Å². The SMILES string of the molecule is COc1cc(C)c(C)cc1C(=O)C1CCC(=O)CC1. The number of rotatable bonds is 3. The van der Waals surface area contributed by atoms with Crippen molar-refractivity contribution in [2.45, 2.75) is 39.5 Å². The number of carbonyl (C=O) groups is 2. The second-order valence-corrected chi connectivity index (χ2v) is 5.31. The fraction of sp³-hybridized carbons (Fsp3) is 0.500. The van der Waals surface area contributed by atoms with E-state index in [4.69, 9.17) is 4.74 Å². The van der Waals surface area contributed by atoms with Gasteiger partial charge in [-0.15, -0.1) is 0 Å². The number of ketones is 2. The van der Waals surface area contributed by atoms with Crippen LogP contribution < -0.4 is 4.74 Å². The summed E-state index contributed by atoms with van der Waals surface area (Å²) in [7, 11) is 1.59. The van der Waals surface area contributed by atoms with Crippen LogP contribution in [0.25, 0.3) is 0 Å². The summed E-state index contributed by atoms with van der Waals surface area (Å²) in [5.41, 5.74) is 2.87. The minimum absolute atomic E-state index is 0.0336. The van der Waals surface area contributed by atoms with Crippen molar-refractivity contribution >= 4 is 11.6 Å². The topological polar surface area (TPSA) is 43.4 Å². The van der Waals surface area contributed by atoms with Gasteiger partial charge in [0.25, 0.3) is 0 Å². The molecule has 1 fully saturated rings. The van der Waals surface area contributed by atoms with Gasteiger partial charge in [0.05, 0.1) is 12.7 Å². The summed E-state index contributed by atoms with van der Waals surface area (Å²) in [5, 5.41) is 0. The molecule has 0 unspecified atom stereocenters. The largest absolute Gasteiger partial charge is 0.496 e. The maximum atomic E-state index is 12.6. The van der Waals surface area contributed by atoms with Crippen LogP contribution in [0.15, 0.2) is 12.1 Å². The van der Waals surface area contributed by atoms with E-state index in [2.05, 4.69) is 0 Å². The van der Waals surface area contributed by atoms with Crippen LogP contribution in [0.3, 0.4) is 0 Å². The molecule has 2 rings (SSSR count). The first-order valence-electron chi connectivity index (χ1n) is 6.74. The van der Waals surface area contributed by atoms with Crippen LogP contribution in [0.5, 0.6) is 5.75 Å². The molecule has 1 aliphatic carbocycles. The molecule has 0 N–H and O–H groups in total. The predicted molar refractivity (Wildman–Crippen MR) is 73.8 cm³/mol. The minimum Gasteiger partial charge on any atom is -0.496 e. The van der Waals surface area contributed by atoms with Gasteiger partial charge in [-0.05, 0) is 49.9 Å². The lowest BCUT2D eigenvalue weighted by Gasteiger charge is -2.21. The van der Waals surface area contributed by atoms with Crippen molar-refractivity contribution < 1.29 is 14.3 Å². The Labute approximate surface area is 114 Å². The highest BCUT2D eigenvalue weighted by Gasteiger charge is 2.27. The molecular formula is C16H20O3. The zero-order chi connectivity index (χ0) is 14.0. The van der Waals surface area contributed by atoms with Gasteiger partial charge in [-0.3, -0.25) is 9.59 Å². The highest BCUT2D eigenvalue weighted by molar-refractivity contribution is 6.01. The number of methoxy groups -OCH3 is 1. The van der Waals surface area contributed by atoms with Crippen molar-refractivity contribution in [1.29, 1.82) is 0 Å². The summed E-state index contributed by atoms with van der Waals surface area (Å²) < 4.78 is 5.33. The fourth-order valence-electron chi connectivity index (χ4n) is 2.57. The average Bonchev–Trinajstić information content (AvgIpc) is 2.41. The summed E-state index contributed by atoms with van der Waals surface area (Å²) >= 11 is 0. The standard InChI is InChI=1S/C16H20O3/c1-10-8-14(15(19-3)9-11(10)2)16(18)12-4-6-13(17)7-5-12/h8-9,12H,4-7H2,1-3H3. The number of Topliss-reactive ketones (excluding diaryl/α,β-unsaturated/α-hetero) is 2. The maximum Gasteiger partial charge on any atom is 0.169 e. The number of carbonyl (C=O) groups excluding carboxylic acids is 2. The minimum atomic E-state index is -0.0336. The van der Waals surface area contributed by atoms with E-state index < -0.39 is 0 Å². The Balaban J connectivity index is 2.28. The van der Waals surface area contributed by atoms with E-state index in [-0.39, 0.29) is 17.5 Å². The highest BCUT2D eigenvalue weighted by atomic mass is 16.5. The summed E-state index contributed by atoms with van der Waals surface area (Å²) in [6.07, 6.45) is 2.41. The molecule has 0 heterocycles. The smallest absolute Gasteiger partial charge is 0.169 e. The Kier molecular flexibility index (Phi) is 4.03. The average molecular weight is 260 g/mol. The summed E-state index contributed by atoms with van der Waals surface area (Å²) in [4.78, 5) is 23.8. The summed E-state index contributed by atoms with van der Waals surface area (Å²) in [6, 6.07) is 3.82. The van der Waals surface area contributed by atoms with E-state index in [1.54, 1.807) is 7.11 Å². The van der Waals surface area contributed by atoms with E-state index >= 15 is 0 Å². The predicted octanol–water partition coefficient (Wildman–Crippen LogP) is 3.25. The molecule has 0 spiro atoms. The van der Waals surface area contributed by atoms with Crippen LogP contribution in [0.2, 0.25) is 0 Å². The molecule has 1 saturated carbocycles. The first-order chi connectivity index (χ1) is 9.02. The number of benzene rings is 1. The van der Waals surface area contributed by atoms with E-state index in [1.807, 2.05) is 26.0 Å². The normalized spacial score (nSPS) is 16.5. The monoisotopic (exact) mass is 260 g/mol. The Morgan fingerprint density at radius 2 is 1.74 bits per heavy atom. The van der Waals surface area contributed by atoms with Gasteiger partial charge in [0.15, 0.2) is 5.78 Å². The van der Waals surface area contributed by atoms with E-state index in [0.717, 1.165) is 11.1 Å². The summed E-state index contributed by atoms with van der Waals surface area (Å²) in [5.74, 6) is 1.00. The molecule has 0 radical (unpaired) electrons. The lowest BCUT2D eigenvalue weighted by molar-refractivity contribution is -0.120. The molecule has 0 bridgehead atoms. The molecule has 1 aliphatic rings. The number of aryl methyl sites for hydroxylation is 2. The van der Waals surface area contributed by atoms with Gasteiger partial charge in [-0.2, -0.15) is 0 Å². The lowest BCUT2D eigenvalue weighted by Crippen LogP contribution is -2.22. The van der Waals surface area contributed by atoms with Gasteiger partial charge < -0.3 is 4.74 Å². The van der Waals surface area contributed by atoms with Gasteiger partial charge in [0.2, 0.25) is 0 Å². The maximum absolute atomic E-state index is 12.6. The molecular weight excluding hydrogens is 240 g/mol. The molecule has 1 aromatic carbocycles. The van der Waals surface area contributed by atoms with Crippen molar-refractivity contribution in [3.8, 4) is 5.75 Å². The van der Waals surface area contributed by atoms with E-state index in [9.17, 15) is 9.59 Å². The first-order valence-corrected chi connectivity index (χ1v) is 6.74. The summed E-state index contributed by atoms with van der Waals surface area (Å²) in [6.45, 7) is 4.00. The molecule has 0 aliphatic heterocycles. The van der Waals surface area contributed by atoms with Gasteiger partial charge in [0, 0.05) is 18.8 Å².